The van der Waals surface area contributed by atoms with Gasteiger partial charge in [0.25, 0.3) is 0 Å². The van der Waals surface area contributed by atoms with E-state index in [2.05, 4.69) is 32.1 Å². The summed E-state index contributed by atoms with van der Waals surface area (Å²) in [6.07, 6.45) is 2.58. The highest BCUT2D eigenvalue weighted by Gasteiger charge is 2.24. The molecule has 0 unspecified atom stereocenters. The first-order valence-electron chi connectivity index (χ1n) is 6.72. The predicted octanol–water partition coefficient (Wildman–Crippen LogP) is 1.57. The van der Waals surface area contributed by atoms with Gasteiger partial charge in [-0.3, -0.25) is 0 Å². The molecule has 2 fully saturated rings. The van der Waals surface area contributed by atoms with Crippen molar-refractivity contribution in [3.05, 3.63) is 5.28 Å². The summed E-state index contributed by atoms with van der Waals surface area (Å²) in [7, 11) is 0. The minimum absolute atomic E-state index is 0.238. The smallest absolute Gasteiger partial charge is 0.231 e. The first-order valence-corrected chi connectivity index (χ1v) is 7.10. The van der Waals surface area contributed by atoms with Gasteiger partial charge in [-0.15, -0.1) is 0 Å². The monoisotopic (exact) mass is 283 g/mol. The third kappa shape index (κ3) is 3.25. The van der Waals surface area contributed by atoms with Crippen molar-refractivity contribution < 1.29 is 4.74 Å². The first-order chi connectivity index (χ1) is 9.22. The van der Waals surface area contributed by atoms with Crippen molar-refractivity contribution in [3.8, 4) is 0 Å². The molecule has 1 aliphatic heterocycles. The van der Waals surface area contributed by atoms with E-state index >= 15 is 0 Å². The summed E-state index contributed by atoms with van der Waals surface area (Å²) in [5, 5.41) is 3.48. The van der Waals surface area contributed by atoms with E-state index < -0.39 is 0 Å². The van der Waals surface area contributed by atoms with Crippen LogP contribution in [0.5, 0.6) is 0 Å². The minimum Gasteiger partial charge on any atom is -0.377 e. The van der Waals surface area contributed by atoms with Gasteiger partial charge in [0.05, 0.1) is 19.3 Å². The highest BCUT2D eigenvalue weighted by Crippen LogP contribution is 2.28. The maximum atomic E-state index is 5.99. The highest BCUT2D eigenvalue weighted by atomic mass is 35.5. The Labute approximate surface area is 117 Å². The maximum Gasteiger partial charge on any atom is 0.231 e. The molecule has 0 bridgehead atoms. The van der Waals surface area contributed by atoms with Gasteiger partial charge in [0.15, 0.2) is 0 Å². The van der Waals surface area contributed by atoms with E-state index in [-0.39, 0.29) is 11.3 Å². The number of ether oxygens (including phenoxy) is 1. The SMILES string of the molecule is C[C@@H]1COCCN1c1nc(Cl)nc(NCC2CC2)n1. The molecule has 2 aliphatic rings. The number of aromatic nitrogens is 3. The van der Waals surface area contributed by atoms with Crippen LogP contribution in [0.4, 0.5) is 11.9 Å². The van der Waals surface area contributed by atoms with Gasteiger partial charge in [0, 0.05) is 13.1 Å². The van der Waals surface area contributed by atoms with E-state index in [1.54, 1.807) is 0 Å². The second-order valence-electron chi connectivity index (χ2n) is 5.17. The highest BCUT2D eigenvalue weighted by molar-refractivity contribution is 6.28. The number of morpholine rings is 1. The van der Waals surface area contributed by atoms with Gasteiger partial charge in [-0.1, -0.05) is 0 Å². The van der Waals surface area contributed by atoms with Crippen molar-refractivity contribution in [3.63, 3.8) is 0 Å². The number of hydrogen-bond donors (Lipinski definition) is 1. The lowest BCUT2D eigenvalue weighted by atomic mass is 10.3. The van der Waals surface area contributed by atoms with E-state index in [1.807, 2.05) is 0 Å². The maximum absolute atomic E-state index is 5.99. The Kier molecular flexibility index (Phi) is 3.70. The molecule has 3 rings (SSSR count). The summed E-state index contributed by atoms with van der Waals surface area (Å²) in [4.78, 5) is 14.9. The molecule has 1 saturated carbocycles. The number of nitrogens with zero attached hydrogens (tertiary/aromatic N) is 4. The molecule has 1 aromatic heterocycles. The zero-order valence-corrected chi connectivity index (χ0v) is 11.7. The molecule has 0 radical (unpaired) electrons. The van der Waals surface area contributed by atoms with E-state index in [0.717, 1.165) is 19.0 Å². The lowest BCUT2D eigenvalue weighted by Gasteiger charge is -2.33. The van der Waals surface area contributed by atoms with Crippen LogP contribution in [0, 0.1) is 5.92 Å². The predicted molar refractivity (Wildman–Crippen MR) is 73.7 cm³/mol. The number of nitrogens with one attached hydrogen (secondary N) is 1. The average molecular weight is 284 g/mol. The molecule has 1 N–H and O–H groups in total. The van der Waals surface area contributed by atoms with Gasteiger partial charge in [-0.2, -0.15) is 15.0 Å². The summed E-state index contributed by atoms with van der Waals surface area (Å²) < 4.78 is 5.42. The second kappa shape index (κ2) is 5.46. The fraction of sp³-hybridized carbons (Fsp3) is 0.750. The van der Waals surface area contributed by atoms with E-state index in [9.17, 15) is 0 Å². The molecule has 2 heterocycles. The Morgan fingerprint density at radius 1 is 1.37 bits per heavy atom. The zero-order valence-electron chi connectivity index (χ0n) is 11.0. The fourth-order valence-corrected chi connectivity index (χ4v) is 2.28. The lowest BCUT2D eigenvalue weighted by Crippen LogP contribution is -2.44. The van der Waals surface area contributed by atoms with Crippen molar-refractivity contribution in [1.29, 1.82) is 0 Å². The summed E-state index contributed by atoms with van der Waals surface area (Å²) in [5.74, 6) is 1.97. The van der Waals surface area contributed by atoms with Crippen LogP contribution in [-0.4, -0.2) is 47.3 Å². The fourth-order valence-electron chi connectivity index (χ4n) is 2.13. The van der Waals surface area contributed by atoms with Crippen molar-refractivity contribution >= 4 is 23.5 Å². The third-order valence-electron chi connectivity index (χ3n) is 3.47. The van der Waals surface area contributed by atoms with Crippen LogP contribution in [0.2, 0.25) is 5.28 Å². The number of rotatable bonds is 4. The van der Waals surface area contributed by atoms with Crippen LogP contribution >= 0.6 is 11.6 Å². The van der Waals surface area contributed by atoms with Crippen molar-refractivity contribution in [2.75, 3.05) is 36.5 Å². The molecule has 0 spiro atoms. The molecule has 6 nitrogen and oxygen atoms in total. The molecule has 104 valence electrons. The summed E-state index contributed by atoms with van der Waals surface area (Å²) in [6.45, 7) is 5.17. The molecule has 0 amide bonds. The summed E-state index contributed by atoms with van der Waals surface area (Å²) >= 11 is 5.99. The molecule has 0 aromatic carbocycles. The van der Waals surface area contributed by atoms with Crippen LogP contribution in [0.3, 0.4) is 0 Å². The molecule has 1 aliphatic carbocycles. The molecule has 1 saturated heterocycles. The lowest BCUT2D eigenvalue weighted by molar-refractivity contribution is 0.0981. The molecule has 19 heavy (non-hydrogen) atoms. The van der Waals surface area contributed by atoms with E-state index in [1.165, 1.54) is 12.8 Å². The van der Waals surface area contributed by atoms with E-state index in [4.69, 9.17) is 16.3 Å². The Bertz CT molecular complexity index is 454. The quantitative estimate of drug-likeness (QED) is 0.905. The largest absolute Gasteiger partial charge is 0.377 e. The zero-order chi connectivity index (χ0) is 13.2. The van der Waals surface area contributed by atoms with Gasteiger partial charge in [0.2, 0.25) is 17.2 Å². The van der Waals surface area contributed by atoms with Crippen LogP contribution in [0.25, 0.3) is 0 Å². The van der Waals surface area contributed by atoms with Crippen molar-refractivity contribution in [1.82, 2.24) is 15.0 Å². The van der Waals surface area contributed by atoms with Crippen molar-refractivity contribution in [2.45, 2.75) is 25.8 Å². The molecule has 7 heteroatoms. The second-order valence-corrected chi connectivity index (χ2v) is 5.51. The van der Waals surface area contributed by atoms with Crippen molar-refractivity contribution in [2.24, 2.45) is 5.92 Å². The Balaban J connectivity index is 1.75. The van der Waals surface area contributed by atoms with Crippen LogP contribution in [-0.2, 0) is 4.74 Å². The summed E-state index contributed by atoms with van der Waals surface area (Å²) in [5.41, 5.74) is 0. The first kappa shape index (κ1) is 12.9. The van der Waals surface area contributed by atoms with Crippen LogP contribution in [0.15, 0.2) is 0 Å². The standard InChI is InChI=1S/C12H18ClN5O/c1-8-7-19-5-4-18(8)12-16-10(13)15-11(17-12)14-6-9-2-3-9/h8-9H,2-7H2,1H3,(H,14,15,16,17)/t8-/m1/s1. The Morgan fingerprint density at radius 3 is 2.95 bits per heavy atom. The Morgan fingerprint density at radius 2 is 2.21 bits per heavy atom. The average Bonchev–Trinajstić information content (AvgIpc) is 3.20. The number of hydrogen-bond acceptors (Lipinski definition) is 6. The van der Waals surface area contributed by atoms with Gasteiger partial charge < -0.3 is 15.0 Å². The normalized spacial score (nSPS) is 23.5. The molecular weight excluding hydrogens is 266 g/mol. The topological polar surface area (TPSA) is 63.2 Å². The molecular formula is C12H18ClN5O. The summed E-state index contributed by atoms with van der Waals surface area (Å²) in [6, 6.07) is 0.253. The van der Waals surface area contributed by atoms with Crippen LogP contribution in [0.1, 0.15) is 19.8 Å². The Hall–Kier alpha value is -1.14. The number of anilines is 2. The number of halogens is 1. The molecule has 1 atom stereocenters. The third-order valence-corrected chi connectivity index (χ3v) is 3.64. The van der Waals surface area contributed by atoms with Crippen LogP contribution < -0.4 is 10.2 Å². The van der Waals surface area contributed by atoms with Gasteiger partial charge in [-0.05, 0) is 37.3 Å². The minimum atomic E-state index is 0.238. The van der Waals surface area contributed by atoms with E-state index in [0.29, 0.717) is 25.1 Å². The van der Waals surface area contributed by atoms with Gasteiger partial charge >= 0.3 is 0 Å². The van der Waals surface area contributed by atoms with Gasteiger partial charge in [-0.25, -0.2) is 0 Å². The van der Waals surface area contributed by atoms with Gasteiger partial charge in [0.1, 0.15) is 0 Å². The molecule has 1 aromatic rings.